The van der Waals surface area contributed by atoms with Crippen molar-refractivity contribution in [2.75, 3.05) is 14.1 Å². The predicted molar refractivity (Wildman–Crippen MR) is 72.1 cm³/mol. The lowest BCUT2D eigenvalue weighted by Gasteiger charge is -2.06. The molecule has 0 unspecified atom stereocenters. The van der Waals surface area contributed by atoms with Gasteiger partial charge in [-0.25, -0.2) is 0 Å². The number of carbonyl (C=O) groups excluding carboxylic acids is 1. The van der Waals surface area contributed by atoms with E-state index in [4.69, 9.17) is 0 Å². The van der Waals surface area contributed by atoms with E-state index in [1.807, 2.05) is 30.3 Å². The molecule has 0 spiro atoms. The van der Waals surface area contributed by atoms with E-state index in [2.05, 4.69) is 15.3 Å². The Hall–Kier alpha value is -2.28. The van der Waals surface area contributed by atoms with E-state index in [9.17, 15) is 4.79 Å². The average molecular weight is 273 g/mol. The van der Waals surface area contributed by atoms with Crippen molar-refractivity contribution in [3.8, 4) is 10.6 Å². The number of rotatable bonds is 2. The van der Waals surface area contributed by atoms with Crippen LogP contribution < -0.4 is 0 Å². The Kier molecular flexibility index (Phi) is 2.75. The molecule has 0 N–H and O–H groups in total. The summed E-state index contributed by atoms with van der Waals surface area (Å²) < 4.78 is 1.50. The molecule has 0 aliphatic rings. The van der Waals surface area contributed by atoms with Gasteiger partial charge in [0.25, 0.3) is 5.91 Å². The molecule has 2 aromatic heterocycles. The average Bonchev–Trinajstić information content (AvgIpc) is 2.98. The molecule has 7 heteroatoms. The van der Waals surface area contributed by atoms with Crippen molar-refractivity contribution in [1.82, 2.24) is 24.7 Å². The molecule has 0 bridgehead atoms. The van der Waals surface area contributed by atoms with Gasteiger partial charge in [-0.05, 0) is 0 Å². The van der Waals surface area contributed by atoms with Crippen molar-refractivity contribution >= 4 is 22.2 Å². The lowest BCUT2D eigenvalue weighted by Crippen LogP contribution is -2.24. The van der Waals surface area contributed by atoms with Crippen LogP contribution in [-0.4, -0.2) is 44.7 Å². The monoisotopic (exact) mass is 273 g/mol. The Labute approximate surface area is 113 Å². The quantitative estimate of drug-likeness (QED) is 0.710. The first-order valence-corrected chi connectivity index (χ1v) is 6.48. The summed E-state index contributed by atoms with van der Waals surface area (Å²) in [6.07, 6.45) is 0. The molecule has 6 nitrogen and oxygen atoms in total. The molecule has 19 heavy (non-hydrogen) atoms. The first-order chi connectivity index (χ1) is 9.16. The van der Waals surface area contributed by atoms with Crippen LogP contribution in [0.2, 0.25) is 0 Å². The summed E-state index contributed by atoms with van der Waals surface area (Å²) >= 11 is 1.41. The van der Waals surface area contributed by atoms with E-state index < -0.39 is 0 Å². The van der Waals surface area contributed by atoms with Crippen LogP contribution >= 0.6 is 11.3 Å². The van der Waals surface area contributed by atoms with E-state index >= 15 is 0 Å². The second kappa shape index (κ2) is 4.43. The van der Waals surface area contributed by atoms with E-state index in [0.29, 0.717) is 4.96 Å². The molecule has 2 heterocycles. The Morgan fingerprint density at radius 1 is 1.21 bits per heavy atom. The van der Waals surface area contributed by atoms with Gasteiger partial charge in [-0.15, -0.1) is 10.2 Å². The number of fused-ring (bicyclic) bond motifs is 1. The third kappa shape index (κ3) is 1.97. The first kappa shape index (κ1) is 11.8. The van der Waals surface area contributed by atoms with Gasteiger partial charge in [0.15, 0.2) is 0 Å². The van der Waals surface area contributed by atoms with E-state index in [1.165, 1.54) is 20.8 Å². The van der Waals surface area contributed by atoms with Crippen LogP contribution in [0.3, 0.4) is 0 Å². The topological polar surface area (TPSA) is 63.4 Å². The molecule has 0 saturated carbocycles. The molecule has 0 aliphatic carbocycles. The van der Waals surface area contributed by atoms with Gasteiger partial charge in [-0.3, -0.25) is 4.79 Å². The Morgan fingerprint density at radius 3 is 2.63 bits per heavy atom. The molecule has 0 aliphatic heterocycles. The zero-order valence-corrected chi connectivity index (χ0v) is 11.3. The summed E-state index contributed by atoms with van der Waals surface area (Å²) in [6.45, 7) is 0. The highest BCUT2D eigenvalue weighted by Crippen LogP contribution is 2.25. The molecule has 0 saturated heterocycles. The highest BCUT2D eigenvalue weighted by Gasteiger charge is 2.19. The van der Waals surface area contributed by atoms with Crippen LogP contribution in [0.15, 0.2) is 30.3 Å². The van der Waals surface area contributed by atoms with Gasteiger partial charge < -0.3 is 4.90 Å². The maximum absolute atomic E-state index is 11.9. The first-order valence-electron chi connectivity index (χ1n) is 5.66. The molecule has 3 aromatic rings. The largest absolute Gasteiger partial charge is 0.342 e. The van der Waals surface area contributed by atoms with Gasteiger partial charge in [0, 0.05) is 19.7 Å². The van der Waals surface area contributed by atoms with Crippen molar-refractivity contribution in [3.05, 3.63) is 36.2 Å². The number of amides is 1. The molecule has 1 aromatic carbocycles. The molecule has 1 amide bonds. The number of hydrogen-bond donors (Lipinski definition) is 0. The maximum Gasteiger partial charge on any atom is 0.293 e. The number of benzene rings is 1. The highest BCUT2D eigenvalue weighted by atomic mass is 32.1. The zero-order valence-electron chi connectivity index (χ0n) is 10.4. The van der Waals surface area contributed by atoms with Crippen LogP contribution in [0.1, 0.15) is 10.6 Å². The van der Waals surface area contributed by atoms with Crippen molar-refractivity contribution in [2.24, 2.45) is 0 Å². The van der Waals surface area contributed by atoms with Gasteiger partial charge in [0.1, 0.15) is 5.01 Å². The Morgan fingerprint density at radius 2 is 1.95 bits per heavy atom. The Bertz CT molecular complexity index is 731. The number of aromatic nitrogens is 4. The normalized spacial score (nSPS) is 10.8. The highest BCUT2D eigenvalue weighted by molar-refractivity contribution is 7.19. The SMILES string of the molecule is CN(C)C(=O)c1nnc2sc(-c3ccccc3)nn12. The standard InChI is InChI=1S/C12H11N5OS/c1-16(2)11(18)9-13-14-12-17(9)15-10(19-12)8-6-4-3-5-7-8/h3-7H,1-2H3. The minimum atomic E-state index is -0.211. The van der Waals surface area contributed by atoms with Gasteiger partial charge >= 0.3 is 0 Å². The van der Waals surface area contributed by atoms with Crippen molar-refractivity contribution in [2.45, 2.75) is 0 Å². The lowest BCUT2D eigenvalue weighted by atomic mass is 10.2. The zero-order chi connectivity index (χ0) is 13.4. The molecular weight excluding hydrogens is 262 g/mol. The minimum absolute atomic E-state index is 0.211. The number of hydrogen-bond acceptors (Lipinski definition) is 5. The van der Waals surface area contributed by atoms with Crippen LogP contribution in [0.25, 0.3) is 15.5 Å². The van der Waals surface area contributed by atoms with Crippen molar-refractivity contribution < 1.29 is 4.79 Å². The number of nitrogens with zero attached hydrogens (tertiary/aromatic N) is 5. The molecule has 0 radical (unpaired) electrons. The fourth-order valence-electron chi connectivity index (χ4n) is 1.65. The van der Waals surface area contributed by atoms with Gasteiger partial charge in [-0.2, -0.15) is 9.61 Å². The van der Waals surface area contributed by atoms with Gasteiger partial charge in [0.05, 0.1) is 0 Å². The summed E-state index contributed by atoms with van der Waals surface area (Å²) in [6, 6.07) is 9.79. The van der Waals surface area contributed by atoms with E-state index in [1.54, 1.807) is 14.1 Å². The molecule has 96 valence electrons. The van der Waals surface area contributed by atoms with E-state index in [0.717, 1.165) is 10.6 Å². The smallest absolute Gasteiger partial charge is 0.293 e. The van der Waals surface area contributed by atoms with Crippen LogP contribution in [0, 0.1) is 0 Å². The van der Waals surface area contributed by atoms with E-state index in [-0.39, 0.29) is 11.7 Å². The summed E-state index contributed by atoms with van der Waals surface area (Å²) in [4.78, 5) is 14.0. The number of carbonyl (C=O) groups is 1. The summed E-state index contributed by atoms with van der Waals surface area (Å²) in [7, 11) is 3.35. The second-order valence-electron chi connectivity index (χ2n) is 4.19. The molecule has 0 fully saturated rings. The van der Waals surface area contributed by atoms with Crippen molar-refractivity contribution in [3.63, 3.8) is 0 Å². The summed E-state index contributed by atoms with van der Waals surface area (Å²) in [5.74, 6) is 0.0239. The van der Waals surface area contributed by atoms with Gasteiger partial charge in [0.2, 0.25) is 10.8 Å². The lowest BCUT2D eigenvalue weighted by molar-refractivity contribution is 0.0813. The summed E-state index contributed by atoms with van der Waals surface area (Å²) in [5, 5.41) is 13.1. The fourth-order valence-corrected chi connectivity index (χ4v) is 2.49. The van der Waals surface area contributed by atoms with Gasteiger partial charge in [-0.1, -0.05) is 41.7 Å². The maximum atomic E-state index is 11.9. The molecular formula is C12H11N5OS. The minimum Gasteiger partial charge on any atom is -0.342 e. The molecule has 3 rings (SSSR count). The van der Waals surface area contributed by atoms with Crippen LogP contribution in [-0.2, 0) is 0 Å². The van der Waals surface area contributed by atoms with Crippen LogP contribution in [0.4, 0.5) is 0 Å². The van der Waals surface area contributed by atoms with Crippen LogP contribution in [0.5, 0.6) is 0 Å². The fraction of sp³-hybridized carbons (Fsp3) is 0.167. The Balaban J connectivity index is 2.10. The second-order valence-corrected chi connectivity index (χ2v) is 5.15. The summed E-state index contributed by atoms with van der Waals surface area (Å²) in [5.41, 5.74) is 1.00. The third-order valence-corrected chi connectivity index (χ3v) is 3.56. The van der Waals surface area contributed by atoms with Crippen molar-refractivity contribution in [1.29, 1.82) is 0 Å². The molecule has 0 atom stereocenters. The third-order valence-electron chi connectivity index (χ3n) is 2.61. The predicted octanol–water partition coefficient (Wildman–Crippen LogP) is 1.55.